The van der Waals surface area contributed by atoms with Gasteiger partial charge in [0.15, 0.2) is 0 Å². The van der Waals surface area contributed by atoms with Gasteiger partial charge < -0.3 is 0 Å². The molecule has 7 nitrogen and oxygen atoms in total. The van der Waals surface area contributed by atoms with Crippen LogP contribution in [0, 0.1) is 0 Å². The van der Waals surface area contributed by atoms with Crippen LogP contribution in [0.1, 0.15) is 35.2 Å². The van der Waals surface area contributed by atoms with Crippen LogP contribution in [-0.2, 0) is 10.0 Å². The topological polar surface area (TPSA) is 94.0 Å². The number of aromatic nitrogens is 3. The summed E-state index contributed by atoms with van der Waals surface area (Å²) >= 11 is 6.17. The maximum atomic E-state index is 11.9. The van der Waals surface area contributed by atoms with Crippen molar-refractivity contribution >= 4 is 27.5 Å². The Morgan fingerprint density at radius 3 is 2.64 bits per heavy atom. The van der Waals surface area contributed by atoms with Crippen molar-refractivity contribution in [3.05, 3.63) is 40.9 Å². The highest BCUT2D eigenvalue weighted by molar-refractivity contribution is 7.89. The number of sulfonamides is 1. The number of hydrogen-bond donors (Lipinski definition) is 1. The number of carbonyl (C=O) groups excluding carboxylic acids is 1. The number of amides is 1. The molecule has 0 unspecified atom stereocenters. The SMILES string of the molecule is CS(=O)(=O)NC(=O)c1nc(C2CC2)n(-c2ccccc2Cl)n1. The minimum absolute atomic E-state index is 0.188. The summed E-state index contributed by atoms with van der Waals surface area (Å²) in [5.41, 5.74) is 0.608. The van der Waals surface area contributed by atoms with E-state index < -0.39 is 15.9 Å². The van der Waals surface area contributed by atoms with Gasteiger partial charge in [0.05, 0.1) is 17.0 Å². The lowest BCUT2D eigenvalue weighted by molar-refractivity contribution is 0.0971. The molecule has 1 aliphatic carbocycles. The second kappa shape index (κ2) is 5.36. The molecule has 1 aromatic carbocycles. The fourth-order valence-corrected chi connectivity index (χ4v) is 2.68. The van der Waals surface area contributed by atoms with E-state index >= 15 is 0 Å². The van der Waals surface area contributed by atoms with Crippen molar-refractivity contribution in [3.63, 3.8) is 0 Å². The Morgan fingerprint density at radius 2 is 2.05 bits per heavy atom. The van der Waals surface area contributed by atoms with Crippen LogP contribution < -0.4 is 4.72 Å². The number of rotatable bonds is 4. The first kappa shape index (κ1) is 15.0. The molecule has 116 valence electrons. The lowest BCUT2D eigenvalue weighted by atomic mass is 10.3. The number of halogens is 1. The van der Waals surface area contributed by atoms with E-state index in [1.54, 1.807) is 24.3 Å². The average molecular weight is 341 g/mol. The molecule has 0 atom stereocenters. The van der Waals surface area contributed by atoms with Crippen molar-refractivity contribution in [2.45, 2.75) is 18.8 Å². The van der Waals surface area contributed by atoms with Crippen LogP contribution in [0.2, 0.25) is 5.02 Å². The van der Waals surface area contributed by atoms with Crippen molar-refractivity contribution in [1.82, 2.24) is 19.5 Å². The molecule has 1 fully saturated rings. The quantitative estimate of drug-likeness (QED) is 0.910. The lowest BCUT2D eigenvalue weighted by Crippen LogP contribution is -2.30. The van der Waals surface area contributed by atoms with E-state index in [2.05, 4.69) is 10.1 Å². The summed E-state index contributed by atoms with van der Waals surface area (Å²) in [6, 6.07) is 7.07. The molecule has 2 aromatic rings. The normalized spacial score (nSPS) is 14.8. The molecule has 0 bridgehead atoms. The summed E-state index contributed by atoms with van der Waals surface area (Å²) in [5.74, 6) is -0.210. The van der Waals surface area contributed by atoms with Gasteiger partial charge >= 0.3 is 5.91 Å². The zero-order valence-corrected chi connectivity index (χ0v) is 13.2. The van der Waals surface area contributed by atoms with Gasteiger partial charge in [-0.05, 0) is 25.0 Å². The second-order valence-corrected chi connectivity index (χ2v) is 7.29. The van der Waals surface area contributed by atoms with Gasteiger partial charge in [-0.1, -0.05) is 23.7 Å². The number of benzene rings is 1. The van der Waals surface area contributed by atoms with Gasteiger partial charge in [0.1, 0.15) is 5.82 Å². The van der Waals surface area contributed by atoms with E-state index in [4.69, 9.17) is 11.6 Å². The van der Waals surface area contributed by atoms with Gasteiger partial charge in [-0.2, -0.15) is 0 Å². The Labute approximate surface area is 132 Å². The number of para-hydroxylation sites is 1. The Morgan fingerprint density at radius 1 is 1.36 bits per heavy atom. The summed E-state index contributed by atoms with van der Waals surface area (Å²) in [7, 11) is -3.67. The Kier molecular flexibility index (Phi) is 3.65. The van der Waals surface area contributed by atoms with Crippen LogP contribution >= 0.6 is 11.6 Å². The molecule has 3 rings (SSSR count). The highest BCUT2D eigenvalue weighted by Gasteiger charge is 2.32. The summed E-state index contributed by atoms with van der Waals surface area (Å²) in [5, 5.41) is 4.61. The minimum Gasteiger partial charge on any atom is -0.264 e. The molecule has 1 aliphatic rings. The van der Waals surface area contributed by atoms with Crippen LogP contribution in [0.3, 0.4) is 0 Å². The molecule has 0 radical (unpaired) electrons. The summed E-state index contributed by atoms with van der Waals surface area (Å²) in [6.07, 6.45) is 2.81. The Hall–Kier alpha value is -1.93. The maximum Gasteiger partial charge on any atom is 0.304 e. The molecule has 0 saturated heterocycles. The molecule has 0 aliphatic heterocycles. The fourth-order valence-electron chi connectivity index (χ4n) is 2.04. The van der Waals surface area contributed by atoms with E-state index in [0.29, 0.717) is 16.5 Å². The molecule has 1 N–H and O–H groups in total. The summed E-state index contributed by atoms with van der Waals surface area (Å²) in [4.78, 5) is 16.1. The zero-order valence-electron chi connectivity index (χ0n) is 11.7. The molecule has 1 amide bonds. The van der Waals surface area contributed by atoms with Crippen LogP contribution in [0.5, 0.6) is 0 Å². The van der Waals surface area contributed by atoms with Gasteiger partial charge in [0.2, 0.25) is 15.8 Å². The third kappa shape index (κ3) is 3.12. The molecular weight excluding hydrogens is 328 g/mol. The van der Waals surface area contributed by atoms with Gasteiger partial charge in [-0.25, -0.2) is 22.8 Å². The first-order valence-electron chi connectivity index (χ1n) is 6.59. The maximum absolute atomic E-state index is 11.9. The van der Waals surface area contributed by atoms with Crippen molar-refractivity contribution in [2.75, 3.05) is 6.26 Å². The van der Waals surface area contributed by atoms with Gasteiger partial charge in [-0.15, -0.1) is 5.10 Å². The van der Waals surface area contributed by atoms with E-state index in [1.165, 1.54) is 4.68 Å². The molecule has 1 saturated carbocycles. The molecule has 9 heteroatoms. The Bertz CT molecular complexity index is 843. The van der Waals surface area contributed by atoms with Crippen molar-refractivity contribution in [3.8, 4) is 5.69 Å². The predicted molar refractivity (Wildman–Crippen MR) is 80.7 cm³/mol. The minimum atomic E-state index is -3.67. The lowest BCUT2D eigenvalue weighted by Gasteiger charge is -2.06. The second-order valence-electron chi connectivity index (χ2n) is 5.13. The van der Waals surface area contributed by atoms with Crippen LogP contribution in [0.25, 0.3) is 5.69 Å². The van der Waals surface area contributed by atoms with E-state index in [-0.39, 0.29) is 11.7 Å². The van der Waals surface area contributed by atoms with E-state index in [0.717, 1.165) is 19.1 Å². The highest BCUT2D eigenvalue weighted by atomic mass is 35.5. The smallest absolute Gasteiger partial charge is 0.264 e. The first-order valence-corrected chi connectivity index (χ1v) is 8.86. The van der Waals surface area contributed by atoms with Crippen molar-refractivity contribution in [2.24, 2.45) is 0 Å². The van der Waals surface area contributed by atoms with Crippen LogP contribution in [0.15, 0.2) is 24.3 Å². The van der Waals surface area contributed by atoms with E-state index in [9.17, 15) is 13.2 Å². The fraction of sp³-hybridized carbons (Fsp3) is 0.308. The predicted octanol–water partition coefficient (Wildman–Crippen LogP) is 1.49. The number of nitrogens with one attached hydrogen (secondary N) is 1. The third-order valence-electron chi connectivity index (χ3n) is 3.14. The average Bonchev–Trinajstić information content (AvgIpc) is 3.17. The Balaban J connectivity index is 2.04. The summed E-state index contributed by atoms with van der Waals surface area (Å²) in [6.45, 7) is 0. The van der Waals surface area contributed by atoms with Gasteiger partial charge in [-0.3, -0.25) is 4.79 Å². The highest BCUT2D eigenvalue weighted by Crippen LogP contribution is 2.40. The molecule has 1 aromatic heterocycles. The van der Waals surface area contributed by atoms with Crippen LogP contribution in [-0.4, -0.2) is 35.3 Å². The monoisotopic (exact) mass is 340 g/mol. The van der Waals surface area contributed by atoms with E-state index in [1.807, 2.05) is 4.72 Å². The van der Waals surface area contributed by atoms with Crippen molar-refractivity contribution < 1.29 is 13.2 Å². The van der Waals surface area contributed by atoms with Gasteiger partial charge in [0, 0.05) is 5.92 Å². The molecule has 1 heterocycles. The largest absolute Gasteiger partial charge is 0.304 e. The zero-order chi connectivity index (χ0) is 15.9. The number of hydrogen-bond acceptors (Lipinski definition) is 5. The molecule has 22 heavy (non-hydrogen) atoms. The standard InChI is InChI=1S/C13H13ClN4O3S/c1-22(20,21)17-13(19)11-15-12(8-6-7-8)18(16-11)10-5-3-2-4-9(10)14/h2-5,8H,6-7H2,1H3,(H,17,19). The summed E-state index contributed by atoms with van der Waals surface area (Å²) < 4.78 is 25.7. The number of carbonyl (C=O) groups is 1. The third-order valence-corrected chi connectivity index (χ3v) is 4.01. The first-order chi connectivity index (χ1) is 10.3. The number of nitrogens with zero attached hydrogens (tertiary/aromatic N) is 3. The molecular formula is C13H13ClN4O3S. The van der Waals surface area contributed by atoms with Gasteiger partial charge in [0.25, 0.3) is 0 Å². The molecule has 0 spiro atoms. The van der Waals surface area contributed by atoms with Crippen molar-refractivity contribution in [1.29, 1.82) is 0 Å². The van der Waals surface area contributed by atoms with Crippen LogP contribution in [0.4, 0.5) is 0 Å².